The first-order valence-electron chi connectivity index (χ1n) is 3.83. The van der Waals surface area contributed by atoms with Crippen molar-refractivity contribution in [1.29, 1.82) is 0 Å². The maximum atomic E-state index is 11.1. The summed E-state index contributed by atoms with van der Waals surface area (Å²) >= 11 is 0. The molecule has 0 spiro atoms. The van der Waals surface area contributed by atoms with E-state index in [-0.39, 0.29) is 0 Å². The second-order valence-electron chi connectivity index (χ2n) is 2.72. The first-order chi connectivity index (χ1) is 6.47. The van der Waals surface area contributed by atoms with E-state index in [4.69, 9.17) is 5.14 Å². The van der Waals surface area contributed by atoms with Crippen LogP contribution in [0.25, 0.3) is 0 Å². The molecule has 0 saturated carbocycles. The van der Waals surface area contributed by atoms with Crippen molar-refractivity contribution in [3.63, 3.8) is 0 Å². The number of carbonyl (C=O) groups excluding carboxylic acids is 1. The van der Waals surface area contributed by atoms with Gasteiger partial charge in [0, 0.05) is 5.69 Å². The topological polar surface area (TPSA) is 89.3 Å². The molecule has 0 saturated heterocycles. The Kier molecular flexibility index (Phi) is 3.26. The summed E-state index contributed by atoms with van der Waals surface area (Å²) in [5.74, 6) is -0.640. The molecule has 0 aliphatic carbocycles. The van der Waals surface area contributed by atoms with Gasteiger partial charge in [0.15, 0.2) is 15.7 Å². The van der Waals surface area contributed by atoms with Crippen molar-refractivity contribution in [3.05, 3.63) is 30.3 Å². The molecule has 0 atom stereocenters. The number of hydrogen-bond donors (Lipinski definition) is 2. The van der Waals surface area contributed by atoms with Gasteiger partial charge in [-0.05, 0) is 12.1 Å². The van der Waals surface area contributed by atoms with Gasteiger partial charge in [0.05, 0.1) is 0 Å². The fraction of sp³-hybridized carbons (Fsp3) is 0. The van der Waals surface area contributed by atoms with Crippen molar-refractivity contribution in [1.82, 2.24) is 0 Å². The Morgan fingerprint density at radius 1 is 1.29 bits per heavy atom. The van der Waals surface area contributed by atoms with Crippen molar-refractivity contribution >= 4 is 27.9 Å². The maximum absolute atomic E-state index is 11.1. The Bertz CT molecular complexity index is 418. The van der Waals surface area contributed by atoms with Crippen LogP contribution in [0.3, 0.4) is 0 Å². The van der Waals surface area contributed by atoms with E-state index in [0.717, 1.165) is 0 Å². The predicted molar refractivity (Wildman–Crippen MR) is 55.7 cm³/mol. The van der Waals surface area contributed by atoms with E-state index < -0.39 is 22.2 Å². The van der Waals surface area contributed by atoms with E-state index in [1.54, 1.807) is 30.3 Å². The molecule has 0 bridgehead atoms. The largest absolute Gasteiger partial charge is 0.398 e. The smallest absolute Gasteiger partial charge is 0.334 e. The van der Waals surface area contributed by atoms with Crippen LogP contribution < -0.4 is 10.5 Å². The zero-order chi connectivity index (χ0) is 10.6. The molecule has 7 heteroatoms. The third-order valence-electron chi connectivity index (χ3n) is 1.39. The van der Waals surface area contributed by atoms with Crippen molar-refractivity contribution in [2.75, 3.05) is 5.32 Å². The Labute approximate surface area is 82.5 Å². The fourth-order valence-electron chi connectivity index (χ4n) is 0.901. The summed E-state index contributed by atoms with van der Waals surface area (Å²) in [5, 5.41) is 7.10. The van der Waals surface area contributed by atoms with Crippen LogP contribution in [0, 0.1) is 0 Å². The molecule has 0 fully saturated rings. The lowest BCUT2D eigenvalue weighted by Gasteiger charge is -2.01. The van der Waals surface area contributed by atoms with Gasteiger partial charge in [0.25, 0.3) is 0 Å². The van der Waals surface area contributed by atoms with Crippen LogP contribution in [0.4, 0.5) is 10.5 Å². The molecule has 0 aliphatic rings. The van der Waals surface area contributed by atoms with E-state index in [9.17, 15) is 13.2 Å². The summed E-state index contributed by atoms with van der Waals surface area (Å²) in [6.45, 7) is -0.706. The zero-order valence-corrected chi connectivity index (χ0v) is 8.12. The van der Waals surface area contributed by atoms with E-state index in [1.165, 1.54) is 0 Å². The highest BCUT2D eigenvalue weighted by Gasteiger charge is 2.15. The molecule has 1 aromatic carbocycles. The molecule has 5 nitrogen and oxygen atoms in total. The summed E-state index contributed by atoms with van der Waals surface area (Å²) < 4.78 is 21.1. The molecule has 1 rings (SSSR count). The minimum atomic E-state index is -3.76. The molecule has 3 N–H and O–H groups in total. The number of benzene rings is 1. The number of nitrogens with one attached hydrogen (secondary N) is 1. The number of para-hydroxylation sites is 1. The zero-order valence-electron chi connectivity index (χ0n) is 7.30. The molecule has 0 aromatic heterocycles. The van der Waals surface area contributed by atoms with Gasteiger partial charge in [-0.25, -0.2) is 13.6 Å². The van der Waals surface area contributed by atoms with Crippen LogP contribution in [0.1, 0.15) is 0 Å². The number of rotatable bonds is 3. The number of nitrogens with two attached hydrogens (primary N) is 1. The Balaban J connectivity index is 2.59. The van der Waals surface area contributed by atoms with E-state index in [0.29, 0.717) is 5.69 Å². The number of carbonyl (C=O) groups is 1. The van der Waals surface area contributed by atoms with Gasteiger partial charge >= 0.3 is 6.56 Å². The molecule has 0 aliphatic heterocycles. The van der Waals surface area contributed by atoms with Crippen molar-refractivity contribution in [2.45, 2.75) is 0 Å². The molecular formula is C7H9BN2O3S. The van der Waals surface area contributed by atoms with Gasteiger partial charge in [-0.3, -0.25) is 4.79 Å². The molecule has 0 radical (unpaired) electrons. The first-order valence-corrected chi connectivity index (χ1v) is 5.54. The monoisotopic (exact) mass is 212 g/mol. The Morgan fingerprint density at radius 2 is 1.86 bits per heavy atom. The summed E-state index contributed by atoms with van der Waals surface area (Å²) in [4.78, 5) is 11.1. The van der Waals surface area contributed by atoms with Crippen LogP contribution in [0.5, 0.6) is 0 Å². The lowest BCUT2D eigenvalue weighted by Crippen LogP contribution is -2.30. The molecule has 1 aromatic rings. The average Bonchev–Trinajstić information content (AvgIpc) is 2.02. The van der Waals surface area contributed by atoms with Gasteiger partial charge in [0.1, 0.15) is 0 Å². The SMILES string of the molecule is NS(=O)(=O)BC(=O)Nc1ccccc1. The maximum Gasteiger partial charge on any atom is 0.398 e. The summed E-state index contributed by atoms with van der Waals surface area (Å²) in [5.41, 5.74) is 0.543. The second-order valence-corrected chi connectivity index (χ2v) is 4.34. The van der Waals surface area contributed by atoms with Crippen LogP contribution in [0.15, 0.2) is 30.3 Å². The normalized spacial score (nSPS) is 10.6. The minimum absolute atomic E-state index is 0.543. The number of amides is 1. The summed E-state index contributed by atoms with van der Waals surface area (Å²) in [7, 11) is -3.76. The fourth-order valence-corrected chi connectivity index (χ4v) is 1.34. The predicted octanol–water partition coefficient (Wildman–Crippen LogP) is -0.141. The van der Waals surface area contributed by atoms with E-state index in [2.05, 4.69) is 5.32 Å². The quantitative estimate of drug-likeness (QED) is 0.683. The average molecular weight is 212 g/mol. The highest BCUT2D eigenvalue weighted by molar-refractivity contribution is 8.16. The summed E-state index contributed by atoms with van der Waals surface area (Å²) in [6, 6.07) is 8.55. The lowest BCUT2D eigenvalue weighted by molar-refractivity contribution is 0.268. The summed E-state index contributed by atoms with van der Waals surface area (Å²) in [6.07, 6.45) is 0. The van der Waals surface area contributed by atoms with Crippen molar-refractivity contribution in [3.8, 4) is 0 Å². The van der Waals surface area contributed by atoms with Gasteiger partial charge in [-0.1, -0.05) is 18.2 Å². The van der Waals surface area contributed by atoms with Crippen molar-refractivity contribution in [2.24, 2.45) is 5.14 Å². The Hall–Kier alpha value is -1.34. The third-order valence-corrected chi connectivity index (χ3v) is 2.05. The molecule has 74 valence electrons. The number of anilines is 1. The number of hydrogen-bond acceptors (Lipinski definition) is 3. The highest BCUT2D eigenvalue weighted by Crippen LogP contribution is 2.04. The van der Waals surface area contributed by atoms with Crippen LogP contribution in [0.2, 0.25) is 0 Å². The van der Waals surface area contributed by atoms with Crippen LogP contribution >= 0.6 is 0 Å². The molecule has 1 amide bonds. The van der Waals surface area contributed by atoms with Crippen molar-refractivity contribution < 1.29 is 13.2 Å². The first kappa shape index (κ1) is 10.7. The lowest BCUT2D eigenvalue weighted by atomic mass is 10.1. The minimum Gasteiger partial charge on any atom is -0.334 e. The van der Waals surface area contributed by atoms with Crippen LogP contribution in [-0.4, -0.2) is 20.8 Å². The Morgan fingerprint density at radius 3 is 2.36 bits per heavy atom. The molecule has 14 heavy (non-hydrogen) atoms. The second kappa shape index (κ2) is 4.25. The molecule has 0 unspecified atom stereocenters. The standard InChI is InChI=1S/C7H9BN2O3S/c9-14(12,13)8-7(11)10-6-4-2-1-3-5-6/h1-5,8H,(H,10,11)(H2,9,12,13). The third kappa shape index (κ3) is 4.06. The van der Waals surface area contributed by atoms with Gasteiger partial charge in [-0.15, -0.1) is 0 Å². The van der Waals surface area contributed by atoms with E-state index in [1.807, 2.05) is 0 Å². The molecule has 0 heterocycles. The highest BCUT2D eigenvalue weighted by atomic mass is 32.2. The van der Waals surface area contributed by atoms with Gasteiger partial charge in [0.2, 0.25) is 0 Å². The molecular weight excluding hydrogens is 203 g/mol. The van der Waals surface area contributed by atoms with E-state index >= 15 is 0 Å². The van der Waals surface area contributed by atoms with Crippen LogP contribution in [-0.2, 0) is 9.87 Å². The van der Waals surface area contributed by atoms with Gasteiger partial charge < -0.3 is 5.32 Å². The van der Waals surface area contributed by atoms with Gasteiger partial charge in [-0.2, -0.15) is 0 Å².